The van der Waals surface area contributed by atoms with Gasteiger partial charge in [0.05, 0.1) is 0 Å². The van der Waals surface area contributed by atoms with Crippen LogP contribution >= 0.6 is 0 Å². The number of nitrogens with zero attached hydrogens (tertiary/aromatic N) is 1. The summed E-state index contributed by atoms with van der Waals surface area (Å²) in [5.74, 6) is -1.04. The molecule has 0 aromatic carbocycles. The molecule has 0 fully saturated rings. The van der Waals surface area contributed by atoms with Crippen molar-refractivity contribution in [3.05, 3.63) is 0 Å². The number of hydrogen-bond donors (Lipinski definition) is 1. The second-order valence-corrected chi connectivity index (χ2v) is 3.81. The van der Waals surface area contributed by atoms with Crippen LogP contribution in [0.1, 0.15) is 46.9 Å². The van der Waals surface area contributed by atoms with E-state index in [4.69, 9.17) is 5.11 Å². The molecule has 0 aliphatic heterocycles. The molecule has 0 aliphatic carbocycles. The van der Waals surface area contributed by atoms with Crippen LogP contribution in [0.3, 0.4) is 0 Å². The normalized spacial score (nSPS) is 9.38. The average molecular weight is 239 g/mol. The Bertz CT molecular complexity index is 215. The molecular weight excluding hydrogens is 217 g/mol. The van der Waals surface area contributed by atoms with Crippen LogP contribution in [0.15, 0.2) is 0 Å². The molecule has 90 valence electrons. The maximum atomic E-state index is 11.4. The first-order valence-corrected chi connectivity index (χ1v) is 5.53. The van der Waals surface area contributed by atoms with Gasteiger partial charge < -0.3 is 11.4 Å². The number of carbonyl (C=O) groups is 2. The third kappa shape index (κ3) is 10.5. The van der Waals surface area contributed by atoms with Crippen molar-refractivity contribution in [2.75, 3.05) is 13.6 Å². The molecule has 0 rings (SSSR count). The van der Waals surface area contributed by atoms with E-state index in [-0.39, 0.29) is 43.4 Å². The zero-order valence-corrected chi connectivity index (χ0v) is 12.7. The molecule has 0 radical (unpaired) electrons. The van der Waals surface area contributed by atoms with Crippen molar-refractivity contribution < 1.29 is 45.7 Å². The summed E-state index contributed by atoms with van der Waals surface area (Å²) < 4.78 is 0. The molecule has 0 aromatic rings. The van der Waals surface area contributed by atoms with Gasteiger partial charge in [-0.05, 0) is 6.42 Å². The smallest absolute Gasteiger partial charge is 1.00 e. The Morgan fingerprint density at radius 2 is 1.75 bits per heavy atom. The quantitative estimate of drug-likeness (QED) is 0.437. The third-order valence-corrected chi connectivity index (χ3v) is 2.29. The van der Waals surface area contributed by atoms with Crippen LogP contribution in [0, 0.1) is 0 Å². The Kier molecular flexibility index (Phi) is 13.1. The molecule has 1 N–H and O–H groups in total. The van der Waals surface area contributed by atoms with E-state index < -0.39 is 5.97 Å². The van der Waals surface area contributed by atoms with Gasteiger partial charge in [0.15, 0.2) is 0 Å². The van der Waals surface area contributed by atoms with Crippen LogP contribution in [0.4, 0.5) is 0 Å². The predicted molar refractivity (Wildman–Crippen MR) is 59.8 cm³/mol. The first-order chi connectivity index (χ1) is 7.07. The van der Waals surface area contributed by atoms with Crippen LogP contribution in [0.25, 0.3) is 0 Å². The number of aliphatic carboxylic acids is 1. The van der Waals surface area contributed by atoms with E-state index in [1.54, 1.807) is 0 Å². The molecule has 5 heteroatoms. The fourth-order valence-electron chi connectivity index (χ4n) is 1.36. The summed E-state index contributed by atoms with van der Waals surface area (Å²) in [6.45, 7) is 1.94. The van der Waals surface area contributed by atoms with Gasteiger partial charge in [0.25, 0.3) is 0 Å². The molecule has 1 amide bonds. The molecule has 0 heterocycles. The van der Waals surface area contributed by atoms with Crippen LogP contribution in [0.5, 0.6) is 0 Å². The first kappa shape index (κ1) is 18.3. The number of unbranched alkanes of at least 4 members (excludes halogenated alkanes) is 4. The minimum Gasteiger partial charge on any atom is -1.00 e. The minimum absolute atomic E-state index is 0. The van der Waals surface area contributed by atoms with Gasteiger partial charge in [0.1, 0.15) is 6.54 Å². The second-order valence-electron chi connectivity index (χ2n) is 3.81. The van der Waals surface area contributed by atoms with Crippen LogP contribution < -0.4 is 29.6 Å². The van der Waals surface area contributed by atoms with Gasteiger partial charge in [-0.25, -0.2) is 0 Å². The third-order valence-electron chi connectivity index (χ3n) is 2.29. The number of carboxylic acid groups (broad SMARTS) is 1. The zero-order valence-electron chi connectivity index (χ0n) is 11.7. The van der Waals surface area contributed by atoms with Gasteiger partial charge in [-0.2, -0.15) is 0 Å². The van der Waals surface area contributed by atoms with E-state index in [0.29, 0.717) is 6.42 Å². The molecule has 0 aromatic heterocycles. The van der Waals surface area contributed by atoms with E-state index in [2.05, 4.69) is 6.92 Å². The maximum Gasteiger partial charge on any atom is 1.00 e. The molecule has 0 atom stereocenters. The maximum absolute atomic E-state index is 11.4. The fourth-order valence-corrected chi connectivity index (χ4v) is 1.36. The Hall–Kier alpha value is -0.0600. The van der Waals surface area contributed by atoms with Crippen molar-refractivity contribution in [2.24, 2.45) is 0 Å². The fraction of sp³-hybridized carbons (Fsp3) is 0.818. The molecule has 4 nitrogen and oxygen atoms in total. The van der Waals surface area contributed by atoms with Crippen molar-refractivity contribution in [3.8, 4) is 0 Å². The van der Waals surface area contributed by atoms with Gasteiger partial charge in [-0.3, -0.25) is 9.59 Å². The summed E-state index contributed by atoms with van der Waals surface area (Å²) in [6.07, 6.45) is 5.94. The largest absolute Gasteiger partial charge is 1.00 e. The van der Waals surface area contributed by atoms with Gasteiger partial charge in [-0.1, -0.05) is 32.6 Å². The topological polar surface area (TPSA) is 57.6 Å². The molecule has 0 saturated heterocycles. The first-order valence-electron chi connectivity index (χ1n) is 5.53. The van der Waals surface area contributed by atoms with E-state index in [9.17, 15) is 9.59 Å². The monoisotopic (exact) mass is 239 g/mol. The van der Waals surface area contributed by atoms with Gasteiger partial charge >= 0.3 is 35.5 Å². The Morgan fingerprint density at radius 1 is 1.19 bits per heavy atom. The molecule has 0 saturated carbocycles. The van der Waals surface area contributed by atoms with Crippen molar-refractivity contribution in [2.45, 2.75) is 45.4 Å². The van der Waals surface area contributed by atoms with E-state index >= 15 is 0 Å². The molecule has 0 unspecified atom stereocenters. The van der Waals surface area contributed by atoms with Crippen molar-refractivity contribution >= 4 is 11.9 Å². The number of hydrogen-bond acceptors (Lipinski definition) is 2. The van der Waals surface area contributed by atoms with E-state index in [0.717, 1.165) is 19.3 Å². The van der Waals surface area contributed by atoms with Crippen molar-refractivity contribution in [1.82, 2.24) is 4.90 Å². The summed E-state index contributed by atoms with van der Waals surface area (Å²) >= 11 is 0. The van der Waals surface area contributed by atoms with Gasteiger partial charge in [0.2, 0.25) is 5.91 Å². The second kappa shape index (κ2) is 11.4. The molecule has 0 aliphatic rings. The van der Waals surface area contributed by atoms with E-state index in [1.807, 2.05) is 0 Å². The summed E-state index contributed by atoms with van der Waals surface area (Å²) in [6, 6.07) is 0. The van der Waals surface area contributed by atoms with Gasteiger partial charge in [0, 0.05) is 13.5 Å². The molecule has 16 heavy (non-hydrogen) atoms. The number of likely N-dealkylation sites (N-methyl/N-ethyl adjacent to an activating group) is 1. The zero-order chi connectivity index (χ0) is 11.7. The Balaban J connectivity index is -0.000000980. The van der Waals surface area contributed by atoms with Gasteiger partial charge in [-0.15, -0.1) is 0 Å². The Labute approximate surface area is 121 Å². The molecule has 0 spiro atoms. The SMILES string of the molecule is CCCCCCCC(=O)N(C)CC(=O)O.[H-].[Na+]. The number of carbonyl (C=O) groups excluding carboxylic acids is 1. The number of rotatable bonds is 8. The average Bonchev–Trinajstić information content (AvgIpc) is 2.16. The standard InChI is InChI=1S/C11H21NO3.Na.H/c1-3-4-5-6-7-8-10(13)12(2)9-11(14)15;;/h3-9H2,1-2H3,(H,14,15);;/q;+1;-1. The minimum atomic E-state index is -0.961. The molecule has 0 bridgehead atoms. The van der Waals surface area contributed by atoms with Crippen LogP contribution in [-0.2, 0) is 9.59 Å². The Morgan fingerprint density at radius 3 is 2.25 bits per heavy atom. The predicted octanol–water partition coefficient (Wildman–Crippen LogP) is -0.994. The van der Waals surface area contributed by atoms with E-state index in [1.165, 1.54) is 24.8 Å². The summed E-state index contributed by atoms with van der Waals surface area (Å²) in [4.78, 5) is 23.0. The van der Waals surface area contributed by atoms with Crippen molar-refractivity contribution in [3.63, 3.8) is 0 Å². The number of carboxylic acids is 1. The van der Waals surface area contributed by atoms with Crippen molar-refractivity contribution in [1.29, 1.82) is 0 Å². The summed E-state index contributed by atoms with van der Waals surface area (Å²) in [5.41, 5.74) is 0. The summed E-state index contributed by atoms with van der Waals surface area (Å²) in [7, 11) is 1.53. The summed E-state index contributed by atoms with van der Waals surface area (Å²) in [5, 5.41) is 8.48. The van der Waals surface area contributed by atoms with Crippen LogP contribution in [0.2, 0.25) is 0 Å². The van der Waals surface area contributed by atoms with Crippen LogP contribution in [-0.4, -0.2) is 35.5 Å². The molecular formula is C11H22NNaO3. The number of amides is 1.